The molecular formula is C24H19ClN2O3. The number of aliphatic hydroxyl groups excluding tert-OH is 1. The summed E-state index contributed by atoms with van der Waals surface area (Å²) in [4.78, 5) is 31.8. The van der Waals surface area contributed by atoms with Crippen LogP contribution < -0.4 is 4.90 Å². The molecule has 1 aliphatic heterocycles. The Hall–Kier alpha value is -3.44. The fourth-order valence-electron chi connectivity index (χ4n) is 3.77. The van der Waals surface area contributed by atoms with Crippen LogP contribution in [0.25, 0.3) is 5.76 Å². The van der Waals surface area contributed by atoms with Crippen LogP contribution in [0.15, 0.2) is 72.6 Å². The number of rotatable bonds is 3. The summed E-state index contributed by atoms with van der Waals surface area (Å²) in [7, 11) is 0. The molecule has 1 atom stereocenters. The highest BCUT2D eigenvalue weighted by atomic mass is 35.5. The first-order chi connectivity index (χ1) is 14.4. The van der Waals surface area contributed by atoms with Crippen molar-refractivity contribution < 1.29 is 14.7 Å². The van der Waals surface area contributed by atoms with Crippen LogP contribution in [0.1, 0.15) is 28.3 Å². The van der Waals surface area contributed by atoms with Gasteiger partial charge in [-0.15, -0.1) is 0 Å². The third-order valence-electron chi connectivity index (χ3n) is 5.17. The highest BCUT2D eigenvalue weighted by molar-refractivity contribution is 6.51. The molecule has 0 aliphatic carbocycles. The van der Waals surface area contributed by atoms with E-state index in [1.807, 2.05) is 32.0 Å². The van der Waals surface area contributed by atoms with Crippen molar-refractivity contribution in [3.63, 3.8) is 0 Å². The number of aromatic nitrogens is 1. The Balaban J connectivity index is 1.96. The summed E-state index contributed by atoms with van der Waals surface area (Å²) < 4.78 is 0. The summed E-state index contributed by atoms with van der Waals surface area (Å²) in [5.41, 5.74) is 3.59. The van der Waals surface area contributed by atoms with Crippen LogP contribution in [-0.2, 0) is 9.59 Å². The van der Waals surface area contributed by atoms with E-state index < -0.39 is 17.7 Å². The molecule has 1 fully saturated rings. The molecule has 150 valence electrons. The molecule has 0 radical (unpaired) electrons. The topological polar surface area (TPSA) is 70.5 Å². The quantitative estimate of drug-likeness (QED) is 0.370. The second-order valence-electron chi connectivity index (χ2n) is 7.25. The molecule has 1 unspecified atom stereocenters. The van der Waals surface area contributed by atoms with Gasteiger partial charge in [-0.05, 0) is 61.4 Å². The zero-order valence-corrected chi connectivity index (χ0v) is 17.2. The number of ketones is 1. The van der Waals surface area contributed by atoms with Crippen molar-refractivity contribution in [2.75, 3.05) is 4.90 Å². The van der Waals surface area contributed by atoms with E-state index in [1.165, 1.54) is 4.90 Å². The molecule has 2 heterocycles. The Bertz CT molecular complexity index is 1170. The van der Waals surface area contributed by atoms with Gasteiger partial charge in [0.25, 0.3) is 11.7 Å². The van der Waals surface area contributed by atoms with Gasteiger partial charge in [0.1, 0.15) is 5.76 Å². The van der Waals surface area contributed by atoms with Crippen LogP contribution in [0, 0.1) is 13.8 Å². The Morgan fingerprint density at radius 2 is 1.80 bits per heavy atom. The Morgan fingerprint density at radius 3 is 2.43 bits per heavy atom. The van der Waals surface area contributed by atoms with Gasteiger partial charge in [-0.3, -0.25) is 19.5 Å². The number of amides is 1. The number of carbonyl (C=O) groups is 2. The number of benzene rings is 2. The average Bonchev–Trinajstić information content (AvgIpc) is 3.00. The second kappa shape index (κ2) is 7.76. The zero-order valence-electron chi connectivity index (χ0n) is 16.5. The van der Waals surface area contributed by atoms with Gasteiger partial charge in [0.15, 0.2) is 0 Å². The predicted molar refractivity (Wildman–Crippen MR) is 116 cm³/mol. The molecule has 2 aromatic carbocycles. The number of halogens is 1. The number of Topliss-reactive ketones (excluding diaryl/α,β-unsaturated/α-hetero) is 1. The van der Waals surface area contributed by atoms with Gasteiger partial charge in [0, 0.05) is 28.7 Å². The van der Waals surface area contributed by atoms with E-state index in [1.54, 1.807) is 48.8 Å². The van der Waals surface area contributed by atoms with Gasteiger partial charge in [-0.2, -0.15) is 0 Å². The summed E-state index contributed by atoms with van der Waals surface area (Å²) in [5.74, 6) is -1.67. The van der Waals surface area contributed by atoms with Gasteiger partial charge < -0.3 is 5.11 Å². The minimum absolute atomic E-state index is 0.0234. The largest absolute Gasteiger partial charge is 0.507 e. The maximum absolute atomic E-state index is 13.1. The summed E-state index contributed by atoms with van der Waals surface area (Å²) in [6.07, 6.45) is 3.22. The smallest absolute Gasteiger partial charge is 0.300 e. The molecule has 1 aliphatic rings. The van der Waals surface area contributed by atoms with Gasteiger partial charge >= 0.3 is 0 Å². The second-order valence-corrected chi connectivity index (χ2v) is 7.69. The van der Waals surface area contributed by atoms with Gasteiger partial charge in [-0.1, -0.05) is 35.4 Å². The average molecular weight is 419 g/mol. The van der Waals surface area contributed by atoms with Crippen LogP contribution in [-0.4, -0.2) is 21.8 Å². The lowest BCUT2D eigenvalue weighted by molar-refractivity contribution is -0.132. The molecule has 1 amide bonds. The lowest BCUT2D eigenvalue weighted by Gasteiger charge is -2.26. The van der Waals surface area contributed by atoms with Crippen LogP contribution in [0.4, 0.5) is 5.69 Å². The van der Waals surface area contributed by atoms with Crippen LogP contribution in [0.3, 0.4) is 0 Å². The fourth-order valence-corrected chi connectivity index (χ4v) is 3.90. The number of carbonyl (C=O) groups excluding carboxylic acids is 2. The van der Waals surface area contributed by atoms with Gasteiger partial charge in [-0.25, -0.2) is 0 Å². The molecule has 0 bridgehead atoms. The Kier molecular flexibility index (Phi) is 5.14. The number of nitrogens with zero attached hydrogens (tertiary/aromatic N) is 2. The maximum atomic E-state index is 13.1. The molecular weight excluding hydrogens is 400 g/mol. The summed E-state index contributed by atoms with van der Waals surface area (Å²) in [6, 6.07) is 14.9. The third kappa shape index (κ3) is 3.37. The molecule has 4 rings (SSSR count). The lowest BCUT2D eigenvalue weighted by atomic mass is 9.96. The SMILES string of the molecule is Cc1ccc(N2C(=O)C(=O)/C(=C(/O)c3ccc(Cl)cc3)C2c2cccnc2)c(C)c1. The van der Waals surface area contributed by atoms with Crippen LogP contribution in [0.5, 0.6) is 0 Å². The number of hydrogen-bond donors (Lipinski definition) is 1. The predicted octanol–water partition coefficient (Wildman–Crippen LogP) is 4.98. The lowest BCUT2D eigenvalue weighted by Crippen LogP contribution is -2.30. The van der Waals surface area contributed by atoms with Crippen molar-refractivity contribution >= 4 is 34.7 Å². The number of hydrogen-bond acceptors (Lipinski definition) is 4. The third-order valence-corrected chi connectivity index (χ3v) is 5.43. The molecule has 0 spiro atoms. The molecule has 1 N–H and O–H groups in total. The van der Waals surface area contributed by atoms with E-state index in [-0.39, 0.29) is 11.3 Å². The van der Waals surface area contributed by atoms with Crippen molar-refractivity contribution in [2.45, 2.75) is 19.9 Å². The highest BCUT2D eigenvalue weighted by Crippen LogP contribution is 2.43. The first kappa shape index (κ1) is 19.9. The highest BCUT2D eigenvalue weighted by Gasteiger charge is 2.47. The van der Waals surface area contributed by atoms with Crippen molar-refractivity contribution in [3.8, 4) is 0 Å². The standard InChI is InChI=1S/C24H19ClN2O3/c1-14-5-10-19(15(2)12-14)27-21(17-4-3-11-26-13-17)20(23(29)24(27)30)22(28)16-6-8-18(25)9-7-16/h3-13,21,28H,1-2H3/b22-20+. The first-order valence-electron chi connectivity index (χ1n) is 9.42. The Morgan fingerprint density at radius 1 is 1.07 bits per heavy atom. The Labute approximate surface area is 179 Å². The van der Waals surface area contributed by atoms with E-state index >= 15 is 0 Å². The van der Waals surface area contributed by atoms with Gasteiger partial charge in [0.05, 0.1) is 11.6 Å². The number of aliphatic hydroxyl groups is 1. The van der Waals surface area contributed by atoms with Crippen molar-refractivity contribution in [3.05, 3.63) is 99.8 Å². The molecule has 1 aromatic heterocycles. The molecule has 30 heavy (non-hydrogen) atoms. The van der Waals surface area contributed by atoms with E-state index in [9.17, 15) is 14.7 Å². The minimum Gasteiger partial charge on any atom is -0.507 e. The number of anilines is 1. The molecule has 6 heteroatoms. The summed E-state index contributed by atoms with van der Waals surface area (Å²) >= 11 is 5.95. The van der Waals surface area contributed by atoms with E-state index in [0.717, 1.165) is 11.1 Å². The van der Waals surface area contributed by atoms with E-state index in [2.05, 4.69) is 4.98 Å². The summed E-state index contributed by atoms with van der Waals surface area (Å²) in [6.45, 7) is 3.85. The normalized spacial score (nSPS) is 18.1. The van der Waals surface area contributed by atoms with Crippen LogP contribution >= 0.6 is 11.6 Å². The van der Waals surface area contributed by atoms with E-state index in [0.29, 0.717) is 21.8 Å². The molecule has 5 nitrogen and oxygen atoms in total. The fraction of sp³-hybridized carbons (Fsp3) is 0.125. The minimum atomic E-state index is -0.796. The van der Waals surface area contributed by atoms with Crippen molar-refractivity contribution in [1.82, 2.24) is 4.98 Å². The van der Waals surface area contributed by atoms with Crippen LogP contribution in [0.2, 0.25) is 5.02 Å². The molecule has 1 saturated heterocycles. The molecule has 3 aromatic rings. The number of pyridine rings is 1. The van der Waals surface area contributed by atoms with E-state index in [4.69, 9.17) is 11.6 Å². The van der Waals surface area contributed by atoms with Crippen molar-refractivity contribution in [1.29, 1.82) is 0 Å². The zero-order chi connectivity index (χ0) is 21.4. The first-order valence-corrected chi connectivity index (χ1v) is 9.80. The maximum Gasteiger partial charge on any atom is 0.300 e. The van der Waals surface area contributed by atoms with Gasteiger partial charge in [0.2, 0.25) is 0 Å². The monoisotopic (exact) mass is 418 g/mol. The molecule has 0 saturated carbocycles. The number of aryl methyl sites for hydroxylation is 2. The summed E-state index contributed by atoms with van der Waals surface area (Å²) in [5, 5.41) is 11.5. The van der Waals surface area contributed by atoms with Crippen molar-refractivity contribution in [2.24, 2.45) is 0 Å².